The highest BCUT2D eigenvalue weighted by Gasteiger charge is 2.12. The molecule has 0 saturated carbocycles. The van der Waals surface area contributed by atoms with Crippen LogP contribution in [-0.2, 0) is 4.74 Å². The van der Waals surface area contributed by atoms with Crippen LogP contribution in [0, 0.1) is 5.82 Å². The maximum atomic E-state index is 13.0. The monoisotopic (exact) mass is 257 g/mol. The molecule has 0 N–H and O–H groups in total. The Bertz CT molecular complexity index is 398. The Balaban J connectivity index is 2.65. The van der Waals surface area contributed by atoms with Gasteiger partial charge in [0.2, 0.25) is 0 Å². The number of likely N-dealkylation sites (N-methyl/N-ethyl adjacent to an activating group) is 1. The molecule has 0 aromatic heterocycles. The van der Waals surface area contributed by atoms with E-state index < -0.39 is 5.82 Å². The van der Waals surface area contributed by atoms with Crippen LogP contribution in [0.5, 0.6) is 0 Å². The van der Waals surface area contributed by atoms with Crippen molar-refractivity contribution in [2.75, 3.05) is 26.8 Å². The molecule has 0 aliphatic heterocycles. The number of hydrogen-bond acceptors (Lipinski definition) is 3. The fraction of sp³-hybridized carbons (Fsp3) is 0.417. The highest BCUT2D eigenvalue weighted by Crippen LogP contribution is 2.15. The topological polar surface area (TPSA) is 29.5 Å². The molecule has 1 aromatic carbocycles. The highest BCUT2D eigenvalue weighted by molar-refractivity contribution is 7.80. The van der Waals surface area contributed by atoms with Crippen LogP contribution in [0.3, 0.4) is 0 Å². The fourth-order valence-corrected chi connectivity index (χ4v) is 1.53. The molecule has 0 bridgehead atoms. The molecule has 94 valence electrons. The van der Waals surface area contributed by atoms with Crippen LogP contribution >= 0.6 is 12.6 Å². The zero-order valence-electron chi connectivity index (χ0n) is 9.94. The van der Waals surface area contributed by atoms with Crippen molar-refractivity contribution in [3.05, 3.63) is 29.6 Å². The van der Waals surface area contributed by atoms with Crippen LogP contribution in [0.1, 0.15) is 17.3 Å². The van der Waals surface area contributed by atoms with E-state index in [9.17, 15) is 9.18 Å². The maximum absolute atomic E-state index is 13.0. The molecule has 17 heavy (non-hydrogen) atoms. The SMILES string of the molecule is CCOCCN(C)C(=O)c1ccc(F)c(S)c1. The van der Waals surface area contributed by atoms with Gasteiger partial charge in [-0.15, -0.1) is 12.6 Å². The summed E-state index contributed by atoms with van der Waals surface area (Å²) < 4.78 is 18.2. The largest absolute Gasteiger partial charge is 0.380 e. The molecule has 1 rings (SSSR count). The van der Waals surface area contributed by atoms with Gasteiger partial charge in [0.15, 0.2) is 0 Å². The smallest absolute Gasteiger partial charge is 0.253 e. The van der Waals surface area contributed by atoms with Gasteiger partial charge >= 0.3 is 0 Å². The van der Waals surface area contributed by atoms with Crippen LogP contribution < -0.4 is 0 Å². The third-order valence-electron chi connectivity index (χ3n) is 2.31. The predicted octanol–water partition coefficient (Wildman–Crippen LogP) is 2.22. The van der Waals surface area contributed by atoms with Gasteiger partial charge in [0, 0.05) is 30.7 Å². The number of amides is 1. The minimum atomic E-state index is -0.429. The van der Waals surface area contributed by atoms with Crippen molar-refractivity contribution in [3.8, 4) is 0 Å². The number of benzene rings is 1. The first-order chi connectivity index (χ1) is 8.06. The lowest BCUT2D eigenvalue weighted by Crippen LogP contribution is -2.30. The Kier molecular flexibility index (Phi) is 5.44. The van der Waals surface area contributed by atoms with E-state index in [4.69, 9.17) is 4.74 Å². The number of hydrogen-bond donors (Lipinski definition) is 1. The Morgan fingerprint density at radius 1 is 1.53 bits per heavy atom. The summed E-state index contributed by atoms with van der Waals surface area (Å²) in [4.78, 5) is 13.6. The predicted molar refractivity (Wildman–Crippen MR) is 67.1 cm³/mol. The minimum Gasteiger partial charge on any atom is -0.380 e. The van der Waals surface area contributed by atoms with E-state index in [1.165, 1.54) is 23.1 Å². The van der Waals surface area contributed by atoms with Gasteiger partial charge in [-0.1, -0.05) is 0 Å². The van der Waals surface area contributed by atoms with Crippen LogP contribution in [0.15, 0.2) is 23.1 Å². The van der Waals surface area contributed by atoms with Crippen molar-refractivity contribution in [2.24, 2.45) is 0 Å². The summed E-state index contributed by atoms with van der Waals surface area (Å²) in [6.45, 7) is 3.52. The van der Waals surface area contributed by atoms with Gasteiger partial charge in [0.25, 0.3) is 5.91 Å². The van der Waals surface area contributed by atoms with Crippen molar-refractivity contribution in [1.82, 2.24) is 4.90 Å². The van der Waals surface area contributed by atoms with Crippen molar-refractivity contribution in [1.29, 1.82) is 0 Å². The molecule has 0 spiro atoms. The number of carbonyl (C=O) groups is 1. The Morgan fingerprint density at radius 2 is 2.24 bits per heavy atom. The number of ether oxygens (including phenoxy) is 1. The van der Waals surface area contributed by atoms with E-state index >= 15 is 0 Å². The summed E-state index contributed by atoms with van der Waals surface area (Å²) in [5.74, 6) is -0.596. The second kappa shape index (κ2) is 6.61. The molecule has 0 aliphatic rings. The molecule has 5 heteroatoms. The Morgan fingerprint density at radius 3 is 2.82 bits per heavy atom. The molecule has 1 amide bonds. The average molecular weight is 257 g/mol. The second-order valence-corrected chi connectivity index (χ2v) is 4.07. The quantitative estimate of drug-likeness (QED) is 0.647. The lowest BCUT2D eigenvalue weighted by atomic mass is 10.2. The van der Waals surface area contributed by atoms with Crippen molar-refractivity contribution >= 4 is 18.5 Å². The van der Waals surface area contributed by atoms with Gasteiger partial charge in [-0.3, -0.25) is 4.79 Å². The third-order valence-corrected chi connectivity index (χ3v) is 2.66. The molecule has 0 unspecified atom stereocenters. The number of nitrogens with zero attached hydrogens (tertiary/aromatic N) is 1. The zero-order chi connectivity index (χ0) is 12.8. The molecule has 3 nitrogen and oxygen atoms in total. The summed E-state index contributed by atoms with van der Waals surface area (Å²) in [5.41, 5.74) is 0.426. The lowest BCUT2D eigenvalue weighted by Gasteiger charge is -2.17. The molecule has 0 saturated heterocycles. The summed E-state index contributed by atoms with van der Waals surface area (Å²) in [5, 5.41) is 0. The molecule has 0 atom stereocenters. The first-order valence-electron chi connectivity index (χ1n) is 5.38. The van der Waals surface area contributed by atoms with Gasteiger partial charge in [-0.05, 0) is 25.1 Å². The first-order valence-corrected chi connectivity index (χ1v) is 5.82. The van der Waals surface area contributed by atoms with Crippen molar-refractivity contribution in [2.45, 2.75) is 11.8 Å². The van der Waals surface area contributed by atoms with Gasteiger partial charge in [-0.2, -0.15) is 0 Å². The van der Waals surface area contributed by atoms with E-state index in [-0.39, 0.29) is 10.8 Å². The fourth-order valence-electron chi connectivity index (χ4n) is 1.31. The molecular weight excluding hydrogens is 241 g/mol. The minimum absolute atomic E-state index is 0.167. The second-order valence-electron chi connectivity index (χ2n) is 3.59. The molecule has 0 radical (unpaired) electrons. The van der Waals surface area contributed by atoms with Crippen molar-refractivity contribution in [3.63, 3.8) is 0 Å². The van der Waals surface area contributed by atoms with Crippen molar-refractivity contribution < 1.29 is 13.9 Å². The molecule has 0 fully saturated rings. The van der Waals surface area contributed by atoms with E-state index in [1.807, 2.05) is 6.92 Å². The van der Waals surface area contributed by atoms with Gasteiger partial charge in [0.05, 0.1) is 6.61 Å². The molecular formula is C12H16FNO2S. The summed E-state index contributed by atoms with van der Waals surface area (Å²) in [7, 11) is 1.68. The molecule has 0 heterocycles. The van der Waals surface area contributed by atoms with Crippen LogP contribution in [0.2, 0.25) is 0 Å². The van der Waals surface area contributed by atoms with Gasteiger partial charge in [-0.25, -0.2) is 4.39 Å². The van der Waals surface area contributed by atoms with E-state index in [1.54, 1.807) is 7.05 Å². The number of carbonyl (C=O) groups excluding carboxylic acids is 1. The van der Waals surface area contributed by atoms with E-state index in [0.717, 1.165) is 0 Å². The standard InChI is InChI=1S/C12H16FNO2S/c1-3-16-7-6-14(2)12(15)9-4-5-10(13)11(17)8-9/h4-5,8,17H,3,6-7H2,1-2H3. The van der Waals surface area contributed by atoms with Crippen LogP contribution in [0.25, 0.3) is 0 Å². The molecule has 1 aromatic rings. The van der Waals surface area contributed by atoms with E-state index in [0.29, 0.717) is 25.3 Å². The summed E-state index contributed by atoms with van der Waals surface area (Å²) >= 11 is 3.95. The number of rotatable bonds is 5. The Hall–Kier alpha value is -1.07. The van der Waals surface area contributed by atoms with Crippen LogP contribution in [0.4, 0.5) is 4.39 Å². The normalized spacial score (nSPS) is 10.4. The summed E-state index contributed by atoms with van der Waals surface area (Å²) in [6.07, 6.45) is 0. The maximum Gasteiger partial charge on any atom is 0.253 e. The highest BCUT2D eigenvalue weighted by atomic mass is 32.1. The number of halogens is 1. The van der Waals surface area contributed by atoms with Crippen LogP contribution in [-0.4, -0.2) is 37.6 Å². The lowest BCUT2D eigenvalue weighted by molar-refractivity contribution is 0.0709. The third kappa shape index (κ3) is 4.02. The molecule has 0 aliphatic carbocycles. The van der Waals surface area contributed by atoms with Gasteiger partial charge < -0.3 is 9.64 Å². The van der Waals surface area contributed by atoms with Gasteiger partial charge in [0.1, 0.15) is 5.82 Å². The average Bonchev–Trinajstić information content (AvgIpc) is 2.32. The zero-order valence-corrected chi connectivity index (χ0v) is 10.8. The first kappa shape index (κ1) is 14.0. The Labute approximate surface area is 106 Å². The van der Waals surface area contributed by atoms with E-state index in [2.05, 4.69) is 12.6 Å². The summed E-state index contributed by atoms with van der Waals surface area (Å²) in [6, 6.07) is 4.12. The number of thiol groups is 1.